The summed E-state index contributed by atoms with van der Waals surface area (Å²) in [6.07, 6.45) is 1.46. The van der Waals surface area contributed by atoms with Gasteiger partial charge in [0.2, 0.25) is 0 Å². The number of carbonyl (C=O) groups is 2. The van der Waals surface area contributed by atoms with Crippen molar-refractivity contribution >= 4 is 12.3 Å². The second-order valence-corrected chi connectivity index (χ2v) is 3.54. The van der Waals surface area contributed by atoms with E-state index < -0.39 is 0 Å². The van der Waals surface area contributed by atoms with Gasteiger partial charge < -0.3 is 4.74 Å². The molecule has 4 heteroatoms. The lowest BCUT2D eigenvalue weighted by Crippen LogP contribution is -2.08. The first-order valence-corrected chi connectivity index (χ1v) is 5.24. The van der Waals surface area contributed by atoms with E-state index in [-0.39, 0.29) is 18.0 Å². The topological polar surface area (TPSA) is 67.2 Å². The van der Waals surface area contributed by atoms with Crippen molar-refractivity contribution < 1.29 is 14.3 Å². The molecule has 0 heterocycles. The van der Waals surface area contributed by atoms with E-state index in [0.717, 1.165) is 11.1 Å². The maximum absolute atomic E-state index is 11.2. The van der Waals surface area contributed by atoms with Crippen LogP contribution < -0.4 is 0 Å². The zero-order chi connectivity index (χ0) is 12.8. The zero-order valence-corrected chi connectivity index (χ0v) is 9.82. The second-order valence-electron chi connectivity index (χ2n) is 3.54. The van der Waals surface area contributed by atoms with Crippen molar-refractivity contribution in [2.45, 2.75) is 19.8 Å². The van der Waals surface area contributed by atoms with Gasteiger partial charge in [0.25, 0.3) is 0 Å². The molecule has 0 aliphatic carbocycles. The molecule has 0 atom stereocenters. The number of nitrogens with zero attached hydrogens (tertiary/aromatic N) is 1. The molecule has 0 aliphatic heterocycles. The standard InChI is InChI=1S/C13H13NO3/c1-3-9-4-12(8-15)11(7-14)5-10(9)6-13(16)17-2/h4-5,8H,3,6H2,1-2H3. The third-order valence-electron chi connectivity index (χ3n) is 2.56. The Morgan fingerprint density at radius 1 is 1.47 bits per heavy atom. The number of esters is 1. The van der Waals surface area contributed by atoms with Crippen molar-refractivity contribution in [3.8, 4) is 6.07 Å². The number of aldehydes is 1. The van der Waals surface area contributed by atoms with Crippen molar-refractivity contribution in [2.75, 3.05) is 7.11 Å². The monoisotopic (exact) mass is 231 g/mol. The predicted octanol–water partition coefficient (Wildman–Crippen LogP) is 1.65. The molecule has 88 valence electrons. The van der Waals surface area contributed by atoms with E-state index in [9.17, 15) is 9.59 Å². The Kier molecular flexibility index (Phi) is 4.41. The van der Waals surface area contributed by atoms with Crippen molar-refractivity contribution in [1.82, 2.24) is 0 Å². The average molecular weight is 231 g/mol. The van der Waals surface area contributed by atoms with Gasteiger partial charge in [-0.15, -0.1) is 0 Å². The lowest BCUT2D eigenvalue weighted by Gasteiger charge is -2.09. The first-order chi connectivity index (χ1) is 8.15. The van der Waals surface area contributed by atoms with Gasteiger partial charge in [-0.25, -0.2) is 0 Å². The number of ether oxygens (including phenoxy) is 1. The Morgan fingerprint density at radius 2 is 2.18 bits per heavy atom. The molecule has 0 spiro atoms. The Labute approximate surface area is 99.8 Å². The molecule has 1 aromatic rings. The van der Waals surface area contributed by atoms with Crippen LogP contribution in [0.25, 0.3) is 0 Å². The average Bonchev–Trinajstić information content (AvgIpc) is 2.37. The van der Waals surface area contributed by atoms with Gasteiger partial charge >= 0.3 is 5.97 Å². The quantitative estimate of drug-likeness (QED) is 0.583. The fraction of sp³-hybridized carbons (Fsp3) is 0.308. The van der Waals surface area contributed by atoms with E-state index in [2.05, 4.69) is 4.74 Å². The summed E-state index contributed by atoms with van der Waals surface area (Å²) in [5.74, 6) is -0.359. The minimum absolute atomic E-state index is 0.119. The highest BCUT2D eigenvalue weighted by molar-refractivity contribution is 5.81. The number of carbonyl (C=O) groups excluding carboxylic acids is 2. The maximum atomic E-state index is 11.2. The van der Waals surface area contributed by atoms with Gasteiger partial charge in [-0.1, -0.05) is 6.92 Å². The number of rotatable bonds is 4. The van der Waals surface area contributed by atoms with E-state index in [0.29, 0.717) is 18.3 Å². The van der Waals surface area contributed by atoms with Crippen LogP contribution in [0.4, 0.5) is 0 Å². The molecule has 0 aliphatic rings. The molecule has 0 fully saturated rings. The summed E-state index contributed by atoms with van der Waals surface area (Å²) < 4.78 is 4.59. The lowest BCUT2D eigenvalue weighted by atomic mass is 9.96. The van der Waals surface area contributed by atoms with E-state index in [1.807, 2.05) is 13.0 Å². The van der Waals surface area contributed by atoms with Crippen molar-refractivity contribution in [3.63, 3.8) is 0 Å². The van der Waals surface area contributed by atoms with Crippen LogP contribution in [-0.2, 0) is 22.4 Å². The molecule has 0 amide bonds. The highest BCUT2D eigenvalue weighted by Gasteiger charge is 2.11. The fourth-order valence-electron chi connectivity index (χ4n) is 1.62. The van der Waals surface area contributed by atoms with Crippen LogP contribution in [0, 0.1) is 11.3 Å². The molecule has 1 rings (SSSR count). The Bertz CT molecular complexity index is 486. The molecular weight excluding hydrogens is 218 g/mol. The van der Waals surface area contributed by atoms with Crippen LogP contribution in [0.2, 0.25) is 0 Å². The molecule has 0 saturated carbocycles. The van der Waals surface area contributed by atoms with Crippen molar-refractivity contribution in [3.05, 3.63) is 34.4 Å². The Hall–Kier alpha value is -2.15. The van der Waals surface area contributed by atoms with Gasteiger partial charge in [0.15, 0.2) is 6.29 Å². The van der Waals surface area contributed by atoms with Gasteiger partial charge in [0.05, 0.1) is 25.2 Å². The molecule has 0 N–H and O–H groups in total. The SMILES string of the molecule is CCc1cc(C=O)c(C#N)cc1CC(=O)OC. The largest absolute Gasteiger partial charge is 0.469 e. The van der Waals surface area contributed by atoms with Crippen LogP contribution >= 0.6 is 0 Å². The van der Waals surface area contributed by atoms with Gasteiger partial charge in [-0.05, 0) is 29.7 Å². The molecule has 0 bridgehead atoms. The summed E-state index contributed by atoms with van der Waals surface area (Å²) in [6, 6.07) is 5.19. The first kappa shape index (κ1) is 12.9. The highest BCUT2D eigenvalue weighted by Crippen LogP contribution is 2.17. The molecule has 0 unspecified atom stereocenters. The van der Waals surface area contributed by atoms with Crippen LogP contribution in [0.3, 0.4) is 0 Å². The molecule has 0 saturated heterocycles. The molecule has 1 aromatic carbocycles. The summed E-state index contributed by atoms with van der Waals surface area (Å²) >= 11 is 0. The number of hydrogen-bond acceptors (Lipinski definition) is 4. The minimum atomic E-state index is -0.359. The maximum Gasteiger partial charge on any atom is 0.309 e. The van der Waals surface area contributed by atoms with E-state index in [1.54, 1.807) is 12.1 Å². The second kappa shape index (κ2) is 5.80. The number of methoxy groups -OCH3 is 1. The molecule has 17 heavy (non-hydrogen) atoms. The summed E-state index contributed by atoms with van der Waals surface area (Å²) in [5, 5.41) is 8.90. The summed E-state index contributed by atoms with van der Waals surface area (Å²) in [5.41, 5.74) is 2.27. The summed E-state index contributed by atoms with van der Waals surface area (Å²) in [7, 11) is 1.32. The third kappa shape index (κ3) is 2.91. The number of nitriles is 1. The zero-order valence-electron chi connectivity index (χ0n) is 9.82. The van der Waals surface area contributed by atoms with Crippen LogP contribution in [0.5, 0.6) is 0 Å². The fourth-order valence-corrected chi connectivity index (χ4v) is 1.62. The lowest BCUT2D eigenvalue weighted by molar-refractivity contribution is -0.139. The van der Waals surface area contributed by atoms with Gasteiger partial charge in [0, 0.05) is 5.56 Å². The van der Waals surface area contributed by atoms with Crippen LogP contribution in [0.15, 0.2) is 12.1 Å². The van der Waals surface area contributed by atoms with E-state index >= 15 is 0 Å². The predicted molar refractivity (Wildman–Crippen MR) is 61.6 cm³/mol. The number of aryl methyl sites for hydroxylation is 1. The Balaban J connectivity index is 3.24. The van der Waals surface area contributed by atoms with E-state index in [4.69, 9.17) is 5.26 Å². The minimum Gasteiger partial charge on any atom is -0.469 e. The first-order valence-electron chi connectivity index (χ1n) is 5.24. The molecule has 0 aromatic heterocycles. The van der Waals surface area contributed by atoms with Crippen LogP contribution in [0.1, 0.15) is 34.0 Å². The summed E-state index contributed by atoms with van der Waals surface area (Å²) in [6.45, 7) is 1.93. The van der Waals surface area contributed by atoms with Crippen LogP contribution in [-0.4, -0.2) is 19.4 Å². The molecule has 4 nitrogen and oxygen atoms in total. The molecular formula is C13H13NO3. The van der Waals surface area contributed by atoms with Gasteiger partial charge in [0.1, 0.15) is 0 Å². The highest BCUT2D eigenvalue weighted by atomic mass is 16.5. The number of benzene rings is 1. The molecule has 0 radical (unpaired) electrons. The smallest absolute Gasteiger partial charge is 0.309 e. The summed E-state index contributed by atoms with van der Waals surface area (Å²) in [4.78, 5) is 22.0. The third-order valence-corrected chi connectivity index (χ3v) is 2.56. The van der Waals surface area contributed by atoms with Gasteiger partial charge in [-0.3, -0.25) is 9.59 Å². The Morgan fingerprint density at radius 3 is 2.65 bits per heavy atom. The van der Waals surface area contributed by atoms with Crippen molar-refractivity contribution in [2.24, 2.45) is 0 Å². The number of hydrogen-bond donors (Lipinski definition) is 0. The normalized spacial score (nSPS) is 9.47. The van der Waals surface area contributed by atoms with E-state index in [1.165, 1.54) is 7.11 Å². The van der Waals surface area contributed by atoms with Crippen molar-refractivity contribution in [1.29, 1.82) is 5.26 Å². The van der Waals surface area contributed by atoms with Gasteiger partial charge in [-0.2, -0.15) is 5.26 Å².